The molecule has 4 nitrogen and oxygen atoms in total. The van der Waals surface area contributed by atoms with E-state index in [9.17, 15) is 4.79 Å². The summed E-state index contributed by atoms with van der Waals surface area (Å²) in [6, 6.07) is 15.7. The second kappa shape index (κ2) is 7.46. The first-order chi connectivity index (χ1) is 12.8. The molecule has 26 heavy (non-hydrogen) atoms. The first-order valence-corrected chi connectivity index (χ1v) is 9.98. The van der Waals surface area contributed by atoms with Gasteiger partial charge in [0.1, 0.15) is 10.8 Å². The molecule has 1 amide bonds. The van der Waals surface area contributed by atoms with Crippen molar-refractivity contribution in [1.29, 1.82) is 0 Å². The van der Waals surface area contributed by atoms with Crippen molar-refractivity contribution < 1.29 is 9.53 Å². The Hall–Kier alpha value is -2.40. The molecule has 1 aromatic heterocycles. The van der Waals surface area contributed by atoms with Gasteiger partial charge < -0.3 is 9.64 Å². The van der Waals surface area contributed by atoms with Crippen molar-refractivity contribution in [3.05, 3.63) is 59.1 Å². The molecular formula is C21H22N2O2S. The van der Waals surface area contributed by atoms with Gasteiger partial charge in [0.05, 0.1) is 28.4 Å². The van der Waals surface area contributed by atoms with E-state index in [1.807, 2.05) is 54.3 Å². The van der Waals surface area contributed by atoms with Crippen LogP contribution in [0.5, 0.6) is 5.75 Å². The lowest BCUT2D eigenvalue weighted by atomic mass is 10.0. The largest absolute Gasteiger partial charge is 0.493 e. The standard InChI is InChI=1S/C21H22N2O2S/c1-2-25-18-12-5-3-9-15(18)21(24)23-14-8-7-11-17(23)20-22-16-10-4-6-13-19(16)26-20/h3-6,9-10,12-13,17H,2,7-8,11,14H2,1H3. The SMILES string of the molecule is CCOc1ccccc1C(=O)N1CCCCC1c1nc2ccccc2s1. The number of benzene rings is 2. The second-order valence-corrected chi connectivity index (χ2v) is 7.52. The first-order valence-electron chi connectivity index (χ1n) is 9.16. The second-order valence-electron chi connectivity index (χ2n) is 6.46. The molecule has 1 unspecified atom stereocenters. The molecule has 134 valence electrons. The van der Waals surface area contributed by atoms with Crippen molar-refractivity contribution in [3.63, 3.8) is 0 Å². The predicted molar refractivity (Wildman–Crippen MR) is 105 cm³/mol. The number of para-hydroxylation sites is 2. The highest BCUT2D eigenvalue weighted by atomic mass is 32.1. The van der Waals surface area contributed by atoms with Gasteiger partial charge >= 0.3 is 0 Å². The maximum Gasteiger partial charge on any atom is 0.258 e. The topological polar surface area (TPSA) is 42.4 Å². The minimum atomic E-state index is 0.0398. The summed E-state index contributed by atoms with van der Waals surface area (Å²) in [5.41, 5.74) is 1.66. The zero-order valence-electron chi connectivity index (χ0n) is 14.9. The Balaban J connectivity index is 1.68. The van der Waals surface area contributed by atoms with Crippen molar-refractivity contribution in [3.8, 4) is 5.75 Å². The quantitative estimate of drug-likeness (QED) is 0.648. The molecular weight excluding hydrogens is 344 g/mol. The Morgan fingerprint density at radius 3 is 2.85 bits per heavy atom. The predicted octanol–water partition coefficient (Wildman–Crippen LogP) is 5.06. The Morgan fingerprint density at radius 1 is 1.19 bits per heavy atom. The number of hydrogen-bond donors (Lipinski definition) is 0. The van der Waals surface area contributed by atoms with Gasteiger partial charge in [-0.2, -0.15) is 0 Å². The van der Waals surface area contributed by atoms with Crippen molar-refractivity contribution in [2.45, 2.75) is 32.2 Å². The smallest absolute Gasteiger partial charge is 0.258 e. The van der Waals surface area contributed by atoms with Crippen LogP contribution < -0.4 is 4.74 Å². The highest BCUT2D eigenvalue weighted by Crippen LogP contribution is 2.37. The number of aromatic nitrogens is 1. The molecule has 1 saturated heterocycles. The number of rotatable bonds is 4. The summed E-state index contributed by atoms with van der Waals surface area (Å²) in [4.78, 5) is 20.1. The van der Waals surface area contributed by atoms with E-state index in [0.29, 0.717) is 17.9 Å². The number of carbonyl (C=O) groups is 1. The molecule has 2 aromatic carbocycles. The van der Waals surface area contributed by atoms with Crippen molar-refractivity contribution in [1.82, 2.24) is 9.88 Å². The number of likely N-dealkylation sites (tertiary alicyclic amines) is 1. The highest BCUT2D eigenvalue weighted by Gasteiger charge is 2.32. The average molecular weight is 366 g/mol. The molecule has 1 atom stereocenters. The van der Waals surface area contributed by atoms with Crippen LogP contribution in [0.1, 0.15) is 47.6 Å². The van der Waals surface area contributed by atoms with E-state index in [2.05, 4.69) is 6.07 Å². The molecule has 3 aromatic rings. The van der Waals surface area contributed by atoms with E-state index in [0.717, 1.165) is 36.3 Å². The fourth-order valence-corrected chi connectivity index (χ4v) is 4.66. The number of fused-ring (bicyclic) bond motifs is 1. The van der Waals surface area contributed by atoms with E-state index >= 15 is 0 Å². The average Bonchev–Trinajstić information content (AvgIpc) is 3.12. The molecule has 2 heterocycles. The van der Waals surface area contributed by atoms with E-state index in [1.54, 1.807) is 11.3 Å². The van der Waals surface area contributed by atoms with E-state index < -0.39 is 0 Å². The lowest BCUT2D eigenvalue weighted by Crippen LogP contribution is -2.38. The van der Waals surface area contributed by atoms with Gasteiger partial charge in [-0.25, -0.2) is 4.98 Å². The van der Waals surface area contributed by atoms with Crippen LogP contribution in [0, 0.1) is 0 Å². The number of thiazole rings is 1. The normalized spacial score (nSPS) is 17.4. The summed E-state index contributed by atoms with van der Waals surface area (Å²) in [5, 5.41) is 1.04. The Kier molecular flexibility index (Phi) is 4.89. The van der Waals surface area contributed by atoms with Gasteiger partial charge in [-0.15, -0.1) is 11.3 Å². The van der Waals surface area contributed by atoms with Crippen LogP contribution in [0.4, 0.5) is 0 Å². The van der Waals surface area contributed by atoms with E-state index in [4.69, 9.17) is 9.72 Å². The number of amides is 1. The van der Waals surface area contributed by atoms with Crippen LogP contribution in [-0.2, 0) is 0 Å². The fraction of sp³-hybridized carbons (Fsp3) is 0.333. The van der Waals surface area contributed by atoms with Crippen LogP contribution >= 0.6 is 11.3 Å². The molecule has 4 rings (SSSR count). The highest BCUT2D eigenvalue weighted by molar-refractivity contribution is 7.18. The van der Waals surface area contributed by atoms with Crippen LogP contribution in [-0.4, -0.2) is 28.9 Å². The number of nitrogens with zero attached hydrogens (tertiary/aromatic N) is 2. The molecule has 0 saturated carbocycles. The van der Waals surface area contributed by atoms with E-state index in [-0.39, 0.29) is 11.9 Å². The van der Waals surface area contributed by atoms with Crippen LogP contribution in [0.25, 0.3) is 10.2 Å². The molecule has 0 bridgehead atoms. The van der Waals surface area contributed by atoms with Gasteiger partial charge in [0, 0.05) is 6.54 Å². The summed E-state index contributed by atoms with van der Waals surface area (Å²) in [6.45, 7) is 3.25. The first kappa shape index (κ1) is 17.0. The number of carbonyl (C=O) groups excluding carboxylic acids is 1. The lowest BCUT2D eigenvalue weighted by Gasteiger charge is -2.34. The molecule has 0 radical (unpaired) electrons. The van der Waals surface area contributed by atoms with Gasteiger partial charge in [-0.3, -0.25) is 4.79 Å². The molecule has 5 heteroatoms. The van der Waals surface area contributed by atoms with Gasteiger partial charge in [-0.1, -0.05) is 24.3 Å². The van der Waals surface area contributed by atoms with Crippen molar-refractivity contribution in [2.24, 2.45) is 0 Å². The molecule has 0 aliphatic carbocycles. The summed E-state index contributed by atoms with van der Waals surface area (Å²) in [5.74, 6) is 0.701. The third-order valence-electron chi connectivity index (χ3n) is 4.78. The van der Waals surface area contributed by atoms with Gasteiger partial charge in [0.2, 0.25) is 0 Å². The third kappa shape index (κ3) is 3.19. The van der Waals surface area contributed by atoms with Crippen molar-refractivity contribution in [2.75, 3.05) is 13.2 Å². The summed E-state index contributed by atoms with van der Waals surface area (Å²) < 4.78 is 6.85. The zero-order valence-corrected chi connectivity index (χ0v) is 15.7. The van der Waals surface area contributed by atoms with Gasteiger partial charge in [0.15, 0.2) is 0 Å². The van der Waals surface area contributed by atoms with Crippen LogP contribution in [0.3, 0.4) is 0 Å². The number of hydrogen-bond acceptors (Lipinski definition) is 4. The maximum absolute atomic E-state index is 13.3. The zero-order chi connectivity index (χ0) is 17.9. The monoisotopic (exact) mass is 366 g/mol. The maximum atomic E-state index is 13.3. The summed E-state index contributed by atoms with van der Waals surface area (Å²) >= 11 is 1.70. The molecule has 0 N–H and O–H groups in total. The lowest BCUT2D eigenvalue weighted by molar-refractivity contribution is 0.0607. The molecule has 0 spiro atoms. The molecule has 1 fully saturated rings. The minimum Gasteiger partial charge on any atom is -0.493 e. The fourth-order valence-electron chi connectivity index (χ4n) is 3.54. The molecule has 1 aliphatic heterocycles. The third-order valence-corrected chi connectivity index (χ3v) is 5.91. The Bertz CT molecular complexity index is 888. The summed E-state index contributed by atoms with van der Waals surface area (Å²) in [6.07, 6.45) is 3.11. The number of ether oxygens (including phenoxy) is 1. The van der Waals surface area contributed by atoms with Gasteiger partial charge in [-0.05, 0) is 50.5 Å². The molecule has 1 aliphatic rings. The Labute approximate surface area is 157 Å². The van der Waals surface area contributed by atoms with E-state index in [1.165, 1.54) is 4.70 Å². The van der Waals surface area contributed by atoms with Crippen molar-refractivity contribution >= 4 is 27.5 Å². The van der Waals surface area contributed by atoms with Crippen LogP contribution in [0.2, 0.25) is 0 Å². The number of piperidine rings is 1. The summed E-state index contributed by atoms with van der Waals surface area (Å²) in [7, 11) is 0. The van der Waals surface area contributed by atoms with Gasteiger partial charge in [0.25, 0.3) is 5.91 Å². The Morgan fingerprint density at radius 2 is 2.00 bits per heavy atom. The van der Waals surface area contributed by atoms with Crippen LogP contribution in [0.15, 0.2) is 48.5 Å². The minimum absolute atomic E-state index is 0.0398.